The van der Waals surface area contributed by atoms with Gasteiger partial charge in [-0.2, -0.15) is 0 Å². The van der Waals surface area contributed by atoms with Gasteiger partial charge < -0.3 is 10.5 Å². The first-order valence-electron chi connectivity index (χ1n) is 6.29. The van der Waals surface area contributed by atoms with Crippen LogP contribution in [-0.2, 0) is 14.6 Å². The first-order chi connectivity index (χ1) is 9.25. The van der Waals surface area contributed by atoms with Crippen LogP contribution in [0.5, 0.6) is 0 Å². The Morgan fingerprint density at radius 2 is 1.95 bits per heavy atom. The number of methoxy groups -OCH3 is 1. The van der Waals surface area contributed by atoms with Gasteiger partial charge in [0.25, 0.3) is 0 Å². The van der Waals surface area contributed by atoms with E-state index in [1.807, 2.05) is 31.2 Å². The summed E-state index contributed by atoms with van der Waals surface area (Å²) in [5, 5.41) is -0.602. The van der Waals surface area contributed by atoms with Gasteiger partial charge in [0.05, 0.1) is 22.3 Å². The van der Waals surface area contributed by atoms with Crippen LogP contribution in [0.15, 0.2) is 24.3 Å². The van der Waals surface area contributed by atoms with Crippen LogP contribution in [0.2, 0.25) is 0 Å². The van der Waals surface area contributed by atoms with E-state index in [1.165, 1.54) is 13.4 Å². The molecule has 0 unspecified atom stereocenters. The SMILES string of the molecule is COC[C@@]1(C(N)=S)[C@@H](c2ccc(C)cc2)[C@@H]1S(C)(=O)=O. The molecular weight excluding hydrogens is 294 g/mol. The Bertz CT molecular complexity index is 624. The second kappa shape index (κ2) is 5.09. The largest absolute Gasteiger partial charge is 0.393 e. The highest BCUT2D eigenvalue weighted by Gasteiger charge is 2.71. The predicted molar refractivity (Wildman–Crippen MR) is 83.6 cm³/mol. The molecule has 2 rings (SSSR count). The van der Waals surface area contributed by atoms with E-state index in [0.717, 1.165) is 11.1 Å². The maximum absolute atomic E-state index is 12.1. The lowest BCUT2D eigenvalue weighted by atomic mass is 9.99. The van der Waals surface area contributed by atoms with Gasteiger partial charge in [0, 0.05) is 19.3 Å². The number of rotatable bonds is 5. The molecule has 1 aromatic rings. The van der Waals surface area contributed by atoms with E-state index in [0.29, 0.717) is 0 Å². The molecular formula is C14H19NO3S2. The Balaban J connectivity index is 2.49. The molecule has 0 spiro atoms. The molecule has 0 amide bonds. The molecule has 1 aliphatic carbocycles. The van der Waals surface area contributed by atoms with Crippen LogP contribution >= 0.6 is 12.2 Å². The average Bonchev–Trinajstić information content (AvgIpc) is 3.01. The van der Waals surface area contributed by atoms with Crippen molar-refractivity contribution < 1.29 is 13.2 Å². The third kappa shape index (κ3) is 2.36. The number of ether oxygens (including phenoxy) is 1. The van der Waals surface area contributed by atoms with Gasteiger partial charge in [0.15, 0.2) is 9.84 Å². The van der Waals surface area contributed by atoms with Crippen molar-refractivity contribution in [3.63, 3.8) is 0 Å². The van der Waals surface area contributed by atoms with Crippen molar-refractivity contribution in [1.82, 2.24) is 0 Å². The summed E-state index contributed by atoms with van der Waals surface area (Å²) in [6, 6.07) is 7.80. The van der Waals surface area contributed by atoms with Gasteiger partial charge in [-0.1, -0.05) is 42.0 Å². The minimum absolute atomic E-state index is 0.209. The number of nitrogens with two attached hydrogens (primary N) is 1. The first kappa shape index (κ1) is 15.4. The van der Waals surface area contributed by atoms with Crippen LogP contribution in [0.3, 0.4) is 0 Å². The Morgan fingerprint density at radius 3 is 2.35 bits per heavy atom. The topological polar surface area (TPSA) is 69.4 Å². The molecule has 4 nitrogen and oxygen atoms in total. The van der Waals surface area contributed by atoms with Gasteiger partial charge in [-0.15, -0.1) is 0 Å². The quantitative estimate of drug-likeness (QED) is 0.833. The summed E-state index contributed by atoms with van der Waals surface area (Å²) >= 11 is 5.14. The molecule has 0 aliphatic heterocycles. The fraction of sp³-hybridized carbons (Fsp3) is 0.500. The van der Waals surface area contributed by atoms with Crippen LogP contribution in [0.1, 0.15) is 17.0 Å². The second-order valence-corrected chi connectivity index (χ2v) is 8.08. The Labute approximate surface area is 125 Å². The molecule has 1 fully saturated rings. The standard InChI is InChI=1S/C14H19NO3S2/c1-9-4-6-10(7-5-9)11-12(20(3,16)17)14(11,8-18-2)13(15)19/h4-7,11-12H,8H2,1-3H3,(H2,15,19)/t11-,12-,14+/m0/s1. The maximum atomic E-state index is 12.1. The number of thiocarbonyl (C=S) groups is 1. The third-order valence-corrected chi connectivity index (χ3v) is 5.99. The molecule has 0 radical (unpaired) electrons. The van der Waals surface area contributed by atoms with Gasteiger partial charge in [-0.05, 0) is 12.5 Å². The first-order valence-corrected chi connectivity index (χ1v) is 8.65. The summed E-state index contributed by atoms with van der Waals surface area (Å²) in [4.78, 5) is 0.209. The zero-order valence-electron chi connectivity index (χ0n) is 11.8. The van der Waals surface area contributed by atoms with Gasteiger partial charge in [0.2, 0.25) is 0 Å². The molecule has 0 saturated heterocycles. The maximum Gasteiger partial charge on any atom is 0.152 e. The molecule has 1 aliphatic rings. The van der Waals surface area contributed by atoms with E-state index in [1.54, 1.807) is 0 Å². The molecule has 0 heterocycles. The number of sulfone groups is 1. The fourth-order valence-corrected chi connectivity index (χ4v) is 5.36. The van der Waals surface area contributed by atoms with Crippen molar-refractivity contribution >= 4 is 27.0 Å². The van der Waals surface area contributed by atoms with E-state index in [2.05, 4.69) is 0 Å². The third-order valence-electron chi connectivity index (χ3n) is 4.00. The molecule has 110 valence electrons. The van der Waals surface area contributed by atoms with Gasteiger partial charge in [0.1, 0.15) is 0 Å². The molecule has 1 saturated carbocycles. The summed E-state index contributed by atoms with van der Waals surface area (Å²) in [5.41, 5.74) is 7.13. The lowest BCUT2D eigenvalue weighted by molar-refractivity contribution is 0.166. The highest BCUT2D eigenvalue weighted by atomic mass is 32.2. The minimum atomic E-state index is -3.26. The molecule has 6 heteroatoms. The summed E-state index contributed by atoms with van der Waals surface area (Å²) < 4.78 is 29.3. The zero-order valence-corrected chi connectivity index (χ0v) is 13.4. The van der Waals surface area contributed by atoms with Crippen LogP contribution in [0.4, 0.5) is 0 Å². The summed E-state index contributed by atoms with van der Waals surface area (Å²) in [5.74, 6) is -0.226. The van der Waals surface area contributed by atoms with Crippen molar-refractivity contribution in [2.75, 3.05) is 20.0 Å². The molecule has 0 aromatic heterocycles. The van der Waals surface area contributed by atoms with E-state index in [4.69, 9.17) is 22.7 Å². The molecule has 20 heavy (non-hydrogen) atoms. The van der Waals surface area contributed by atoms with E-state index in [9.17, 15) is 8.42 Å². The van der Waals surface area contributed by atoms with Crippen LogP contribution in [0, 0.1) is 12.3 Å². The Kier molecular flexibility index (Phi) is 3.92. The molecule has 0 bridgehead atoms. The van der Waals surface area contributed by atoms with E-state index < -0.39 is 20.5 Å². The van der Waals surface area contributed by atoms with Crippen LogP contribution in [-0.4, -0.2) is 38.6 Å². The van der Waals surface area contributed by atoms with Crippen molar-refractivity contribution in [2.24, 2.45) is 11.1 Å². The second-order valence-electron chi connectivity index (χ2n) is 5.48. The number of hydrogen-bond acceptors (Lipinski definition) is 4. The molecule has 1 aromatic carbocycles. The van der Waals surface area contributed by atoms with Crippen LogP contribution in [0.25, 0.3) is 0 Å². The van der Waals surface area contributed by atoms with Crippen molar-refractivity contribution in [3.8, 4) is 0 Å². The fourth-order valence-electron chi connectivity index (χ4n) is 3.06. The monoisotopic (exact) mass is 313 g/mol. The van der Waals surface area contributed by atoms with Crippen molar-refractivity contribution in [3.05, 3.63) is 35.4 Å². The van der Waals surface area contributed by atoms with Gasteiger partial charge in [-0.3, -0.25) is 0 Å². The Hall–Kier alpha value is -0.980. The highest BCUT2D eigenvalue weighted by molar-refractivity contribution is 7.92. The summed E-state index contributed by atoms with van der Waals surface area (Å²) in [6.07, 6.45) is 1.23. The molecule has 3 atom stereocenters. The normalized spacial score (nSPS) is 29.1. The van der Waals surface area contributed by atoms with E-state index >= 15 is 0 Å². The van der Waals surface area contributed by atoms with Gasteiger partial charge >= 0.3 is 0 Å². The van der Waals surface area contributed by atoms with E-state index in [-0.39, 0.29) is 17.5 Å². The average molecular weight is 313 g/mol. The zero-order chi connectivity index (χ0) is 15.1. The van der Waals surface area contributed by atoms with Crippen molar-refractivity contribution in [1.29, 1.82) is 0 Å². The smallest absolute Gasteiger partial charge is 0.152 e. The highest BCUT2D eigenvalue weighted by Crippen LogP contribution is 2.63. The predicted octanol–water partition coefficient (Wildman–Crippen LogP) is 1.42. The Morgan fingerprint density at radius 1 is 1.40 bits per heavy atom. The number of benzene rings is 1. The number of hydrogen-bond donors (Lipinski definition) is 1. The minimum Gasteiger partial charge on any atom is -0.393 e. The summed E-state index contributed by atoms with van der Waals surface area (Å²) in [7, 11) is -1.73. The molecule has 2 N–H and O–H groups in total. The van der Waals surface area contributed by atoms with Gasteiger partial charge in [-0.25, -0.2) is 8.42 Å². The lowest BCUT2D eigenvalue weighted by Gasteiger charge is -2.15. The van der Waals surface area contributed by atoms with Crippen LogP contribution < -0.4 is 5.73 Å². The lowest BCUT2D eigenvalue weighted by Crippen LogP contribution is -2.32. The number of aryl methyl sites for hydroxylation is 1. The summed E-state index contributed by atoms with van der Waals surface area (Å²) in [6.45, 7) is 2.21. The van der Waals surface area contributed by atoms with Crippen molar-refractivity contribution in [2.45, 2.75) is 18.1 Å².